The Morgan fingerprint density at radius 3 is 2.62 bits per heavy atom. The fourth-order valence-corrected chi connectivity index (χ4v) is 1.70. The Kier molecular flexibility index (Phi) is 5.88. The standard InChI is InChI=1S/C15H17FN2O3/c1-9(2)13(14(17)20)18-15(21)11-8-10(4-3-7-19)5-6-12(11)16/h5-6,8-9,13,19H,7H2,1-2H3,(H2,17,20)(H,18,21). The van der Waals surface area contributed by atoms with Crippen molar-refractivity contribution in [3.8, 4) is 11.8 Å². The molecule has 21 heavy (non-hydrogen) atoms. The zero-order valence-electron chi connectivity index (χ0n) is 11.8. The molecule has 0 aliphatic carbocycles. The van der Waals surface area contributed by atoms with Gasteiger partial charge in [-0.05, 0) is 24.1 Å². The Balaban J connectivity index is 3.03. The molecule has 0 aliphatic heterocycles. The summed E-state index contributed by atoms with van der Waals surface area (Å²) in [6.45, 7) is 3.10. The van der Waals surface area contributed by atoms with Gasteiger partial charge in [-0.1, -0.05) is 25.7 Å². The number of carbonyl (C=O) groups excluding carboxylic acids is 2. The Bertz CT molecular complexity index is 603. The predicted molar refractivity (Wildman–Crippen MR) is 75.7 cm³/mol. The van der Waals surface area contributed by atoms with Crippen LogP contribution < -0.4 is 11.1 Å². The highest BCUT2D eigenvalue weighted by atomic mass is 19.1. The van der Waals surface area contributed by atoms with Crippen LogP contribution in [0.1, 0.15) is 29.8 Å². The predicted octanol–water partition coefficient (Wildman–Crippen LogP) is 0.409. The number of amides is 2. The molecule has 0 saturated carbocycles. The second-order valence-corrected chi connectivity index (χ2v) is 4.75. The van der Waals surface area contributed by atoms with Crippen LogP contribution in [0.5, 0.6) is 0 Å². The number of halogens is 1. The lowest BCUT2D eigenvalue weighted by atomic mass is 10.0. The lowest BCUT2D eigenvalue weighted by Gasteiger charge is -2.19. The van der Waals surface area contributed by atoms with E-state index >= 15 is 0 Å². The van der Waals surface area contributed by atoms with Crippen LogP contribution in [0.4, 0.5) is 4.39 Å². The zero-order valence-corrected chi connectivity index (χ0v) is 11.8. The topological polar surface area (TPSA) is 92.4 Å². The van der Waals surface area contributed by atoms with Gasteiger partial charge in [0.25, 0.3) is 5.91 Å². The van der Waals surface area contributed by atoms with Crippen molar-refractivity contribution < 1.29 is 19.1 Å². The number of primary amides is 1. The third-order valence-corrected chi connectivity index (χ3v) is 2.78. The van der Waals surface area contributed by atoms with Crippen molar-refractivity contribution in [3.05, 3.63) is 35.1 Å². The van der Waals surface area contributed by atoms with Crippen LogP contribution in [0.15, 0.2) is 18.2 Å². The molecule has 1 rings (SSSR count). The van der Waals surface area contributed by atoms with E-state index < -0.39 is 23.7 Å². The number of aliphatic hydroxyl groups excluding tert-OH is 1. The van der Waals surface area contributed by atoms with Crippen molar-refractivity contribution in [2.75, 3.05) is 6.61 Å². The van der Waals surface area contributed by atoms with E-state index in [1.54, 1.807) is 13.8 Å². The van der Waals surface area contributed by atoms with Crippen LogP contribution in [-0.2, 0) is 4.79 Å². The first-order chi connectivity index (χ1) is 9.86. The molecule has 0 aromatic heterocycles. The second kappa shape index (κ2) is 7.41. The molecule has 6 heteroatoms. The summed E-state index contributed by atoms with van der Waals surface area (Å²) in [6, 6.07) is 2.86. The molecule has 1 aromatic carbocycles. The summed E-state index contributed by atoms with van der Waals surface area (Å²) in [5.74, 6) is 2.61. The van der Waals surface area contributed by atoms with Gasteiger partial charge < -0.3 is 16.2 Å². The molecule has 1 aromatic rings. The highest BCUT2D eigenvalue weighted by Gasteiger charge is 2.23. The molecule has 0 fully saturated rings. The first-order valence-electron chi connectivity index (χ1n) is 6.36. The maximum atomic E-state index is 13.7. The van der Waals surface area contributed by atoms with Crippen LogP contribution in [0, 0.1) is 23.6 Å². The summed E-state index contributed by atoms with van der Waals surface area (Å²) in [7, 11) is 0. The van der Waals surface area contributed by atoms with Gasteiger partial charge in [-0.15, -0.1) is 0 Å². The Morgan fingerprint density at radius 1 is 1.43 bits per heavy atom. The van der Waals surface area contributed by atoms with Crippen LogP contribution in [0.25, 0.3) is 0 Å². The molecule has 2 amide bonds. The van der Waals surface area contributed by atoms with Gasteiger partial charge in [0.05, 0.1) is 5.56 Å². The third-order valence-electron chi connectivity index (χ3n) is 2.78. The van der Waals surface area contributed by atoms with Crippen molar-refractivity contribution in [2.24, 2.45) is 11.7 Å². The summed E-state index contributed by atoms with van der Waals surface area (Å²) in [5, 5.41) is 11.0. The van der Waals surface area contributed by atoms with Gasteiger partial charge >= 0.3 is 0 Å². The average molecular weight is 292 g/mol. The number of aliphatic hydroxyl groups is 1. The van der Waals surface area contributed by atoms with Crippen molar-refractivity contribution in [1.82, 2.24) is 5.32 Å². The lowest BCUT2D eigenvalue weighted by molar-refractivity contribution is -0.120. The number of hydrogen-bond donors (Lipinski definition) is 3. The first-order valence-corrected chi connectivity index (χ1v) is 6.36. The summed E-state index contributed by atoms with van der Waals surface area (Å²) in [5.41, 5.74) is 5.36. The first kappa shape index (κ1) is 16.7. The van der Waals surface area contributed by atoms with Gasteiger partial charge in [-0.3, -0.25) is 9.59 Å². The fraction of sp³-hybridized carbons (Fsp3) is 0.333. The minimum absolute atomic E-state index is 0.216. The molecular formula is C15H17FN2O3. The van der Waals surface area contributed by atoms with E-state index in [-0.39, 0.29) is 18.1 Å². The minimum atomic E-state index is -0.885. The maximum absolute atomic E-state index is 13.7. The van der Waals surface area contributed by atoms with E-state index in [2.05, 4.69) is 17.2 Å². The van der Waals surface area contributed by atoms with Gasteiger partial charge in [-0.25, -0.2) is 4.39 Å². The Hall–Kier alpha value is -2.39. The van der Waals surface area contributed by atoms with Gasteiger partial charge in [0.15, 0.2) is 0 Å². The van der Waals surface area contributed by atoms with Crippen molar-refractivity contribution in [3.63, 3.8) is 0 Å². The van der Waals surface area contributed by atoms with E-state index in [4.69, 9.17) is 10.8 Å². The molecule has 0 radical (unpaired) electrons. The minimum Gasteiger partial charge on any atom is -0.384 e. The molecule has 0 aliphatic rings. The van der Waals surface area contributed by atoms with Crippen molar-refractivity contribution in [2.45, 2.75) is 19.9 Å². The summed E-state index contributed by atoms with van der Waals surface area (Å²) >= 11 is 0. The van der Waals surface area contributed by atoms with E-state index in [1.807, 2.05) is 0 Å². The van der Waals surface area contributed by atoms with Crippen molar-refractivity contribution >= 4 is 11.8 Å². The van der Waals surface area contributed by atoms with Crippen LogP contribution >= 0.6 is 0 Å². The van der Waals surface area contributed by atoms with Crippen LogP contribution in [0.2, 0.25) is 0 Å². The summed E-state index contributed by atoms with van der Waals surface area (Å²) < 4.78 is 13.7. The van der Waals surface area contributed by atoms with Gasteiger partial charge in [0.1, 0.15) is 18.5 Å². The molecule has 1 atom stereocenters. The van der Waals surface area contributed by atoms with Gasteiger partial charge in [-0.2, -0.15) is 0 Å². The Labute approximate surface area is 122 Å². The number of nitrogens with two attached hydrogens (primary N) is 1. The summed E-state index contributed by atoms with van der Waals surface area (Å²) in [6.07, 6.45) is 0. The van der Waals surface area contributed by atoms with Crippen LogP contribution in [0.3, 0.4) is 0 Å². The smallest absolute Gasteiger partial charge is 0.254 e. The van der Waals surface area contributed by atoms with E-state index in [0.29, 0.717) is 5.56 Å². The number of carbonyl (C=O) groups is 2. The number of hydrogen-bond acceptors (Lipinski definition) is 3. The fourth-order valence-electron chi connectivity index (χ4n) is 1.70. The SMILES string of the molecule is CC(C)C(NC(=O)c1cc(C#CCO)ccc1F)C(N)=O. The molecular weight excluding hydrogens is 275 g/mol. The molecule has 0 spiro atoms. The van der Waals surface area contributed by atoms with Crippen LogP contribution in [-0.4, -0.2) is 29.6 Å². The molecule has 0 saturated heterocycles. The second-order valence-electron chi connectivity index (χ2n) is 4.75. The summed E-state index contributed by atoms with van der Waals surface area (Å²) in [4.78, 5) is 23.3. The monoisotopic (exact) mass is 292 g/mol. The molecule has 0 bridgehead atoms. The van der Waals surface area contributed by atoms with Crippen molar-refractivity contribution in [1.29, 1.82) is 0 Å². The van der Waals surface area contributed by atoms with Gasteiger partial charge in [0.2, 0.25) is 5.91 Å². The lowest BCUT2D eigenvalue weighted by Crippen LogP contribution is -2.47. The molecule has 112 valence electrons. The largest absolute Gasteiger partial charge is 0.384 e. The third kappa shape index (κ3) is 4.58. The maximum Gasteiger partial charge on any atom is 0.254 e. The zero-order chi connectivity index (χ0) is 16.0. The highest BCUT2D eigenvalue weighted by molar-refractivity contribution is 5.97. The Morgan fingerprint density at radius 2 is 2.10 bits per heavy atom. The van der Waals surface area contributed by atoms with E-state index in [9.17, 15) is 14.0 Å². The normalized spacial score (nSPS) is 11.5. The molecule has 5 nitrogen and oxygen atoms in total. The number of rotatable bonds is 4. The molecule has 4 N–H and O–H groups in total. The molecule has 0 heterocycles. The van der Waals surface area contributed by atoms with E-state index in [0.717, 1.165) is 6.07 Å². The quantitative estimate of drug-likeness (QED) is 0.702. The van der Waals surface area contributed by atoms with Gasteiger partial charge in [0, 0.05) is 5.56 Å². The molecule has 1 unspecified atom stereocenters. The average Bonchev–Trinajstić information content (AvgIpc) is 2.42. The van der Waals surface area contributed by atoms with E-state index in [1.165, 1.54) is 12.1 Å². The number of benzene rings is 1. The number of nitrogens with one attached hydrogen (secondary N) is 1. The highest BCUT2D eigenvalue weighted by Crippen LogP contribution is 2.11.